The monoisotopic (exact) mass is 567 g/mol. The molecular weight excluding hydrogens is 544 g/mol. The zero-order valence-corrected chi connectivity index (χ0v) is 21.5. The smallest absolute Gasteiger partial charge is 0.379 e. The van der Waals surface area contributed by atoms with Crippen molar-refractivity contribution in [1.82, 2.24) is 9.88 Å². The molecule has 1 aliphatic rings. The van der Waals surface area contributed by atoms with Crippen LogP contribution in [-0.4, -0.2) is 55.2 Å². The summed E-state index contributed by atoms with van der Waals surface area (Å²) >= 11 is 1.16. The number of nitrogens with zero attached hydrogens (tertiary/aromatic N) is 3. The van der Waals surface area contributed by atoms with Crippen molar-refractivity contribution in [3.8, 4) is 0 Å². The van der Waals surface area contributed by atoms with Gasteiger partial charge in [-0.25, -0.2) is 4.98 Å². The van der Waals surface area contributed by atoms with Gasteiger partial charge < -0.3 is 4.74 Å². The number of aromatic nitrogens is 1. The predicted molar refractivity (Wildman–Crippen MR) is 132 cm³/mol. The minimum absolute atomic E-state index is 0. The van der Waals surface area contributed by atoms with E-state index in [0.717, 1.165) is 27.2 Å². The number of ether oxygens (including phenoxy) is 1. The summed E-state index contributed by atoms with van der Waals surface area (Å²) in [6.45, 7) is 6.35. The average Bonchev–Trinajstić information content (AvgIpc) is 3.25. The molecule has 0 N–H and O–H groups in total. The molecule has 1 aromatic heterocycles. The highest BCUT2D eigenvalue weighted by Crippen LogP contribution is 2.38. The number of hydrogen-bond donors (Lipinski definition) is 0. The second kappa shape index (κ2) is 11.1. The number of carbonyl (C=O) groups excluding carboxylic acids is 1. The van der Waals surface area contributed by atoms with E-state index in [0.29, 0.717) is 50.5 Å². The number of anilines is 1. The van der Waals surface area contributed by atoms with Gasteiger partial charge in [0.25, 0.3) is 5.91 Å². The van der Waals surface area contributed by atoms with Gasteiger partial charge in [0.15, 0.2) is 5.13 Å². The molecule has 37 heavy (non-hydrogen) atoms. The first-order valence-electron chi connectivity index (χ1n) is 11.1. The highest BCUT2D eigenvalue weighted by atomic mass is 35.5. The maximum absolute atomic E-state index is 13.5. The largest absolute Gasteiger partial charge is 0.416 e. The van der Waals surface area contributed by atoms with Crippen LogP contribution in [0, 0.1) is 13.8 Å². The van der Waals surface area contributed by atoms with Gasteiger partial charge in [0.1, 0.15) is 0 Å². The number of fused-ring (bicyclic) bond motifs is 1. The van der Waals surface area contributed by atoms with Gasteiger partial charge in [-0.3, -0.25) is 14.6 Å². The molecule has 3 aromatic rings. The number of carbonyl (C=O) groups is 1. The second-order valence-corrected chi connectivity index (χ2v) is 9.57. The molecule has 13 heteroatoms. The summed E-state index contributed by atoms with van der Waals surface area (Å²) in [7, 11) is 0. The van der Waals surface area contributed by atoms with E-state index in [-0.39, 0.29) is 30.1 Å². The first-order valence-corrected chi connectivity index (χ1v) is 11.9. The van der Waals surface area contributed by atoms with Gasteiger partial charge in [0.05, 0.1) is 34.6 Å². The van der Waals surface area contributed by atoms with Crippen LogP contribution < -0.4 is 4.90 Å². The SMILES string of the molecule is Cc1ccc2sc(N(CCN3CCOCC3)C(=O)c3cc(C(F)(F)F)cc(C(F)(F)F)c3)nc2c1C.Cl. The van der Waals surface area contributed by atoms with Crippen LogP contribution in [-0.2, 0) is 17.1 Å². The summed E-state index contributed by atoms with van der Waals surface area (Å²) in [6, 6.07) is 4.65. The van der Waals surface area contributed by atoms with E-state index in [1.807, 2.05) is 30.9 Å². The Bertz CT molecular complexity index is 1240. The number of thiazole rings is 1. The number of rotatable bonds is 5. The Kier molecular flexibility index (Phi) is 8.78. The van der Waals surface area contributed by atoms with Crippen molar-refractivity contribution in [3.05, 3.63) is 58.1 Å². The summed E-state index contributed by atoms with van der Waals surface area (Å²) in [5.41, 5.74) is -1.29. The topological polar surface area (TPSA) is 45.7 Å². The molecule has 5 nitrogen and oxygen atoms in total. The molecule has 0 radical (unpaired) electrons. The Morgan fingerprint density at radius 2 is 1.62 bits per heavy atom. The minimum atomic E-state index is -5.06. The van der Waals surface area contributed by atoms with Gasteiger partial charge >= 0.3 is 12.4 Å². The Morgan fingerprint density at radius 1 is 1.03 bits per heavy atom. The van der Waals surface area contributed by atoms with E-state index in [1.165, 1.54) is 4.90 Å². The summed E-state index contributed by atoms with van der Waals surface area (Å²) < 4.78 is 86.6. The summed E-state index contributed by atoms with van der Waals surface area (Å²) in [5, 5.41) is 0.211. The average molecular weight is 568 g/mol. The van der Waals surface area contributed by atoms with Crippen LogP contribution in [0.25, 0.3) is 10.2 Å². The highest BCUT2D eigenvalue weighted by Gasteiger charge is 2.38. The maximum atomic E-state index is 13.5. The number of aryl methyl sites for hydroxylation is 2. The fourth-order valence-corrected chi connectivity index (χ4v) is 4.96. The van der Waals surface area contributed by atoms with Crippen LogP contribution in [0.2, 0.25) is 0 Å². The summed E-state index contributed by atoms with van der Waals surface area (Å²) in [5.74, 6) is -0.978. The lowest BCUT2D eigenvalue weighted by molar-refractivity contribution is -0.143. The van der Waals surface area contributed by atoms with E-state index in [4.69, 9.17) is 4.74 Å². The number of benzene rings is 2. The molecule has 0 saturated carbocycles. The van der Waals surface area contributed by atoms with Crippen molar-refractivity contribution in [3.63, 3.8) is 0 Å². The van der Waals surface area contributed by atoms with Crippen LogP contribution in [0.1, 0.15) is 32.6 Å². The lowest BCUT2D eigenvalue weighted by atomic mass is 10.0. The van der Waals surface area contributed by atoms with Gasteiger partial charge in [-0.15, -0.1) is 12.4 Å². The van der Waals surface area contributed by atoms with Crippen LogP contribution in [0.3, 0.4) is 0 Å². The van der Waals surface area contributed by atoms with Gasteiger partial charge in [-0.05, 0) is 49.2 Å². The minimum Gasteiger partial charge on any atom is -0.379 e. The Balaban J connectivity index is 0.00000380. The normalized spacial score (nSPS) is 15.0. The predicted octanol–water partition coefficient (Wildman–Crippen LogP) is 6.35. The highest BCUT2D eigenvalue weighted by molar-refractivity contribution is 7.22. The van der Waals surface area contributed by atoms with Crippen molar-refractivity contribution in [2.45, 2.75) is 26.2 Å². The van der Waals surface area contributed by atoms with Gasteiger partial charge in [-0.1, -0.05) is 17.4 Å². The van der Waals surface area contributed by atoms with E-state index in [2.05, 4.69) is 4.98 Å². The maximum Gasteiger partial charge on any atom is 0.416 e. The zero-order valence-electron chi connectivity index (χ0n) is 19.9. The van der Waals surface area contributed by atoms with Gasteiger partial charge in [0.2, 0.25) is 0 Å². The fraction of sp³-hybridized carbons (Fsp3) is 0.417. The fourth-order valence-electron chi connectivity index (χ4n) is 3.91. The number of alkyl halides is 6. The lowest BCUT2D eigenvalue weighted by Gasteiger charge is -2.29. The summed E-state index contributed by atoms with van der Waals surface area (Å²) in [6.07, 6.45) is -10.1. The third-order valence-corrected chi connectivity index (χ3v) is 7.17. The molecule has 4 rings (SSSR count). The van der Waals surface area contributed by atoms with E-state index < -0.39 is 35.0 Å². The van der Waals surface area contributed by atoms with Crippen LogP contribution in [0.4, 0.5) is 31.5 Å². The number of halogens is 7. The summed E-state index contributed by atoms with van der Waals surface area (Å²) in [4.78, 5) is 21.3. The molecular formula is C24H24ClF6N3O2S. The molecule has 0 spiro atoms. The molecule has 1 saturated heterocycles. The second-order valence-electron chi connectivity index (χ2n) is 8.56. The van der Waals surface area contributed by atoms with Crippen LogP contribution >= 0.6 is 23.7 Å². The molecule has 202 valence electrons. The Morgan fingerprint density at radius 3 is 2.19 bits per heavy atom. The molecule has 1 aliphatic heterocycles. The third-order valence-electron chi connectivity index (χ3n) is 6.13. The number of morpholine rings is 1. The molecule has 1 fully saturated rings. The number of amides is 1. The lowest BCUT2D eigenvalue weighted by Crippen LogP contribution is -2.43. The molecule has 1 amide bonds. The zero-order chi connectivity index (χ0) is 26.3. The third kappa shape index (κ3) is 6.54. The molecule has 2 aromatic carbocycles. The van der Waals surface area contributed by atoms with Crippen LogP contribution in [0.15, 0.2) is 30.3 Å². The van der Waals surface area contributed by atoms with Crippen molar-refractivity contribution in [2.24, 2.45) is 0 Å². The first-order chi connectivity index (χ1) is 16.8. The first kappa shape index (κ1) is 29.2. The van der Waals surface area contributed by atoms with E-state index in [1.54, 1.807) is 0 Å². The van der Waals surface area contributed by atoms with Gasteiger partial charge in [0, 0.05) is 31.7 Å². The van der Waals surface area contributed by atoms with Crippen molar-refractivity contribution in [1.29, 1.82) is 0 Å². The van der Waals surface area contributed by atoms with Gasteiger partial charge in [-0.2, -0.15) is 26.3 Å². The van der Waals surface area contributed by atoms with Crippen molar-refractivity contribution < 1.29 is 35.9 Å². The molecule has 0 unspecified atom stereocenters. The standard InChI is InChI=1S/C24H23F6N3O2S.ClH/c1-14-3-4-19-20(15(14)2)31-22(36-19)33(6-5-32-7-9-35-10-8-32)21(34)16-11-17(23(25,26)27)13-18(12-16)24(28,29)30;/h3-4,11-13H,5-10H2,1-2H3;1H. The van der Waals surface area contributed by atoms with E-state index in [9.17, 15) is 31.1 Å². The quantitative estimate of drug-likeness (QED) is 0.337. The Labute approximate surface area is 219 Å². The van der Waals surface area contributed by atoms with Crippen LogP contribution in [0.5, 0.6) is 0 Å². The van der Waals surface area contributed by atoms with E-state index >= 15 is 0 Å². The van der Waals surface area contributed by atoms with Crippen molar-refractivity contribution >= 4 is 45.0 Å². The molecule has 0 bridgehead atoms. The molecule has 0 atom stereocenters. The Hall–Kier alpha value is -2.41. The molecule has 2 heterocycles. The number of hydrogen-bond acceptors (Lipinski definition) is 5. The van der Waals surface area contributed by atoms with Crippen molar-refractivity contribution in [2.75, 3.05) is 44.3 Å². The molecule has 0 aliphatic carbocycles.